The fourth-order valence-corrected chi connectivity index (χ4v) is 4.24. The molecule has 1 aromatic carbocycles. The average molecular weight is 315 g/mol. The molecule has 2 rings (SSSR count). The van der Waals surface area contributed by atoms with Gasteiger partial charge in [-0.1, -0.05) is 11.6 Å². The van der Waals surface area contributed by atoms with E-state index in [9.17, 15) is 8.42 Å². The number of nitrogens with zero attached hydrogens (tertiary/aromatic N) is 1. The summed E-state index contributed by atoms with van der Waals surface area (Å²) in [6.07, 6.45) is 2.39. The van der Waals surface area contributed by atoms with Crippen molar-refractivity contribution in [3.05, 3.63) is 28.8 Å². The Morgan fingerprint density at radius 2 is 2.20 bits per heavy atom. The smallest absolute Gasteiger partial charge is 0.242 e. The van der Waals surface area contributed by atoms with Crippen LogP contribution < -0.4 is 4.72 Å². The highest BCUT2D eigenvalue weighted by atomic mass is 35.5. The van der Waals surface area contributed by atoms with Gasteiger partial charge in [0, 0.05) is 13.2 Å². The zero-order valence-electron chi connectivity index (χ0n) is 11.0. The highest BCUT2D eigenvalue weighted by Gasteiger charge is 2.32. The number of rotatable bonds is 4. The van der Waals surface area contributed by atoms with Crippen LogP contribution in [-0.2, 0) is 14.8 Å². The Kier molecular flexibility index (Phi) is 4.66. The number of halogens is 1. The third-order valence-corrected chi connectivity index (χ3v) is 5.39. The van der Waals surface area contributed by atoms with Crippen LogP contribution in [0.5, 0.6) is 0 Å². The van der Waals surface area contributed by atoms with E-state index in [4.69, 9.17) is 21.6 Å². The maximum absolute atomic E-state index is 12.3. The predicted molar refractivity (Wildman–Crippen MR) is 74.9 cm³/mol. The van der Waals surface area contributed by atoms with Crippen LogP contribution in [0.25, 0.3) is 0 Å². The molecule has 1 aliphatic carbocycles. The van der Waals surface area contributed by atoms with Crippen LogP contribution in [0.3, 0.4) is 0 Å². The molecule has 2 unspecified atom stereocenters. The number of sulfonamides is 1. The molecule has 108 valence electrons. The zero-order chi connectivity index (χ0) is 14.8. The van der Waals surface area contributed by atoms with E-state index in [1.807, 2.05) is 6.07 Å². The Morgan fingerprint density at radius 1 is 1.45 bits per heavy atom. The molecular formula is C13H15ClN2O3S. The molecule has 0 radical (unpaired) electrons. The van der Waals surface area contributed by atoms with Crippen LogP contribution in [0.1, 0.15) is 24.8 Å². The fourth-order valence-electron chi connectivity index (χ4n) is 2.39. The maximum atomic E-state index is 12.3. The second kappa shape index (κ2) is 6.10. The van der Waals surface area contributed by atoms with E-state index in [0.717, 1.165) is 19.3 Å². The van der Waals surface area contributed by atoms with Crippen molar-refractivity contribution in [2.45, 2.75) is 36.3 Å². The van der Waals surface area contributed by atoms with E-state index in [1.165, 1.54) is 18.2 Å². The Morgan fingerprint density at radius 3 is 2.80 bits per heavy atom. The van der Waals surface area contributed by atoms with Crippen LogP contribution in [0.4, 0.5) is 0 Å². The number of ether oxygens (including phenoxy) is 1. The summed E-state index contributed by atoms with van der Waals surface area (Å²) in [5, 5.41) is 8.81. The molecule has 0 bridgehead atoms. The summed E-state index contributed by atoms with van der Waals surface area (Å²) in [7, 11) is -2.14. The number of benzene rings is 1. The van der Waals surface area contributed by atoms with Crippen LogP contribution in [0.2, 0.25) is 5.02 Å². The number of methoxy groups -OCH3 is 1. The molecule has 0 saturated heterocycles. The predicted octanol–water partition coefficient (Wildman–Crippen LogP) is 2.06. The Labute approximate surface area is 123 Å². The summed E-state index contributed by atoms with van der Waals surface area (Å²) in [6, 6.07) is 5.80. The molecule has 1 fully saturated rings. The fraction of sp³-hybridized carbons (Fsp3) is 0.462. The van der Waals surface area contributed by atoms with Gasteiger partial charge in [-0.05, 0) is 37.5 Å². The van der Waals surface area contributed by atoms with Gasteiger partial charge in [-0.15, -0.1) is 0 Å². The van der Waals surface area contributed by atoms with Crippen molar-refractivity contribution >= 4 is 21.6 Å². The molecule has 1 aliphatic rings. The van der Waals surface area contributed by atoms with E-state index in [1.54, 1.807) is 7.11 Å². The van der Waals surface area contributed by atoms with E-state index >= 15 is 0 Å². The highest BCUT2D eigenvalue weighted by Crippen LogP contribution is 2.26. The summed E-state index contributed by atoms with van der Waals surface area (Å²) in [5.74, 6) is 0. The van der Waals surface area contributed by atoms with E-state index < -0.39 is 10.0 Å². The molecule has 5 nitrogen and oxygen atoms in total. The molecule has 0 amide bonds. The SMILES string of the molecule is COC1CCCC1NS(=O)(=O)c1ccc(C#N)cc1Cl. The Bertz CT molecular complexity index is 640. The first-order valence-corrected chi connectivity index (χ1v) is 8.09. The van der Waals surface area contributed by atoms with Gasteiger partial charge in [-0.25, -0.2) is 13.1 Å². The van der Waals surface area contributed by atoms with Gasteiger partial charge in [0.2, 0.25) is 10.0 Å². The molecule has 1 N–H and O–H groups in total. The molecule has 0 aliphatic heterocycles. The zero-order valence-corrected chi connectivity index (χ0v) is 12.5. The number of nitrogens with one attached hydrogen (secondary N) is 1. The van der Waals surface area contributed by atoms with Crippen LogP contribution in [0, 0.1) is 11.3 Å². The molecule has 2 atom stereocenters. The van der Waals surface area contributed by atoms with Crippen molar-refractivity contribution in [2.24, 2.45) is 0 Å². The third kappa shape index (κ3) is 3.13. The van der Waals surface area contributed by atoms with Crippen LogP contribution in [-0.4, -0.2) is 27.7 Å². The van der Waals surface area contributed by atoms with E-state index in [-0.39, 0.29) is 22.1 Å². The molecule has 0 spiro atoms. The summed E-state index contributed by atoms with van der Waals surface area (Å²) in [5.41, 5.74) is 0.324. The lowest BCUT2D eigenvalue weighted by Crippen LogP contribution is -2.40. The number of nitriles is 1. The maximum Gasteiger partial charge on any atom is 0.242 e. The molecular weight excluding hydrogens is 300 g/mol. The standard InChI is InChI=1S/C13H15ClN2O3S/c1-19-12-4-2-3-11(12)16-20(17,18)13-6-5-9(8-15)7-10(13)14/h5-7,11-12,16H,2-4H2,1H3. The van der Waals surface area contributed by atoms with Crippen molar-refractivity contribution in [2.75, 3.05) is 7.11 Å². The normalized spacial score (nSPS) is 22.6. The van der Waals surface area contributed by atoms with Gasteiger partial charge >= 0.3 is 0 Å². The second-order valence-electron chi connectivity index (χ2n) is 4.69. The largest absolute Gasteiger partial charge is 0.380 e. The molecule has 20 heavy (non-hydrogen) atoms. The van der Waals surface area contributed by atoms with Gasteiger partial charge in [0.15, 0.2) is 0 Å². The van der Waals surface area contributed by atoms with Gasteiger partial charge in [-0.3, -0.25) is 0 Å². The molecule has 7 heteroatoms. The topological polar surface area (TPSA) is 79.2 Å². The van der Waals surface area contributed by atoms with Crippen molar-refractivity contribution in [1.29, 1.82) is 5.26 Å². The van der Waals surface area contributed by atoms with Crippen LogP contribution in [0.15, 0.2) is 23.1 Å². The highest BCUT2D eigenvalue weighted by molar-refractivity contribution is 7.89. The quantitative estimate of drug-likeness (QED) is 0.922. The lowest BCUT2D eigenvalue weighted by molar-refractivity contribution is 0.0916. The van der Waals surface area contributed by atoms with Crippen molar-refractivity contribution in [3.8, 4) is 6.07 Å². The van der Waals surface area contributed by atoms with Crippen molar-refractivity contribution in [3.63, 3.8) is 0 Å². The lowest BCUT2D eigenvalue weighted by Gasteiger charge is -2.20. The first kappa shape index (κ1) is 15.3. The average Bonchev–Trinajstić information content (AvgIpc) is 2.84. The molecule has 1 saturated carbocycles. The molecule has 0 heterocycles. The van der Waals surface area contributed by atoms with E-state index in [0.29, 0.717) is 5.56 Å². The summed E-state index contributed by atoms with van der Waals surface area (Å²) < 4.78 is 32.6. The van der Waals surface area contributed by atoms with Gasteiger partial charge < -0.3 is 4.74 Å². The minimum atomic E-state index is -3.71. The van der Waals surface area contributed by atoms with Gasteiger partial charge in [0.25, 0.3) is 0 Å². The first-order chi connectivity index (χ1) is 9.47. The minimum absolute atomic E-state index is 0.0140. The lowest BCUT2D eigenvalue weighted by atomic mass is 10.2. The monoisotopic (exact) mass is 314 g/mol. The second-order valence-corrected chi connectivity index (χ2v) is 6.78. The minimum Gasteiger partial charge on any atom is -0.380 e. The van der Waals surface area contributed by atoms with Gasteiger partial charge in [-0.2, -0.15) is 5.26 Å². The first-order valence-electron chi connectivity index (χ1n) is 6.22. The summed E-state index contributed by atoms with van der Waals surface area (Å²) >= 11 is 5.95. The van der Waals surface area contributed by atoms with E-state index in [2.05, 4.69) is 4.72 Å². The van der Waals surface area contributed by atoms with Crippen molar-refractivity contribution in [1.82, 2.24) is 4.72 Å². The van der Waals surface area contributed by atoms with Crippen molar-refractivity contribution < 1.29 is 13.2 Å². The number of hydrogen-bond acceptors (Lipinski definition) is 4. The Balaban J connectivity index is 2.25. The molecule has 1 aromatic rings. The number of hydrogen-bond donors (Lipinski definition) is 1. The molecule has 0 aromatic heterocycles. The Hall–Kier alpha value is -1.13. The third-order valence-electron chi connectivity index (χ3n) is 3.41. The summed E-state index contributed by atoms with van der Waals surface area (Å²) in [6.45, 7) is 0. The van der Waals surface area contributed by atoms with Gasteiger partial charge in [0.05, 0.1) is 22.8 Å². The summed E-state index contributed by atoms with van der Waals surface area (Å²) in [4.78, 5) is -0.0140. The van der Waals surface area contributed by atoms with Gasteiger partial charge in [0.1, 0.15) is 4.90 Å². The van der Waals surface area contributed by atoms with Crippen LogP contribution >= 0.6 is 11.6 Å².